The number of fused-ring (bicyclic) bond motifs is 1. The van der Waals surface area contributed by atoms with Gasteiger partial charge in [-0.05, 0) is 24.5 Å². The van der Waals surface area contributed by atoms with Gasteiger partial charge in [-0.15, -0.1) is 0 Å². The molecule has 0 aromatic carbocycles. The molecule has 80 valence electrons. The topological polar surface area (TPSA) is 43.3 Å². The van der Waals surface area contributed by atoms with Gasteiger partial charge in [-0.2, -0.15) is 0 Å². The van der Waals surface area contributed by atoms with Gasteiger partial charge in [-0.1, -0.05) is 19.9 Å². The highest BCUT2D eigenvalue weighted by molar-refractivity contribution is 5.50. The molecule has 15 heavy (non-hydrogen) atoms. The van der Waals surface area contributed by atoms with Gasteiger partial charge in [0.1, 0.15) is 5.65 Å². The van der Waals surface area contributed by atoms with E-state index in [1.54, 1.807) is 0 Å². The van der Waals surface area contributed by atoms with E-state index in [1.807, 2.05) is 12.3 Å². The zero-order valence-corrected chi connectivity index (χ0v) is 9.49. The molecule has 0 aliphatic carbocycles. The minimum Gasteiger partial charge on any atom is -0.325 e. The van der Waals surface area contributed by atoms with Crippen LogP contribution in [-0.2, 0) is 6.54 Å². The summed E-state index contributed by atoms with van der Waals surface area (Å²) in [6.07, 6.45) is 2.03. The van der Waals surface area contributed by atoms with Crippen LogP contribution in [0.2, 0.25) is 0 Å². The number of aryl methyl sites for hydroxylation is 1. The van der Waals surface area contributed by atoms with E-state index in [0.717, 1.165) is 17.0 Å². The third-order valence-electron chi connectivity index (χ3n) is 2.72. The molecule has 0 atom stereocenters. The smallest absolute Gasteiger partial charge is 0.140 e. The standard InChI is InChI=1S/C12H17N3/c1-8(2)11-10(7-13)15-6-4-5-9(3)12(15)14-11/h4-6,8H,7,13H2,1-3H3. The van der Waals surface area contributed by atoms with Gasteiger partial charge < -0.3 is 10.1 Å². The van der Waals surface area contributed by atoms with Crippen molar-refractivity contribution >= 4 is 5.65 Å². The second-order valence-electron chi connectivity index (χ2n) is 4.19. The zero-order valence-electron chi connectivity index (χ0n) is 9.49. The number of nitrogens with two attached hydrogens (primary N) is 1. The van der Waals surface area contributed by atoms with Crippen molar-refractivity contribution in [2.45, 2.75) is 33.2 Å². The molecule has 0 radical (unpaired) electrons. The molecule has 0 amide bonds. The lowest BCUT2D eigenvalue weighted by molar-refractivity contribution is 0.799. The molecule has 0 fully saturated rings. The Kier molecular flexibility index (Phi) is 2.49. The summed E-state index contributed by atoms with van der Waals surface area (Å²) >= 11 is 0. The Labute approximate surface area is 89.9 Å². The number of nitrogens with zero attached hydrogens (tertiary/aromatic N) is 2. The van der Waals surface area contributed by atoms with Crippen molar-refractivity contribution in [2.24, 2.45) is 5.73 Å². The SMILES string of the molecule is Cc1cccn2c(CN)c(C(C)C)nc12. The molecule has 2 rings (SSSR count). The molecule has 0 bridgehead atoms. The van der Waals surface area contributed by atoms with Crippen molar-refractivity contribution in [1.29, 1.82) is 0 Å². The first-order valence-corrected chi connectivity index (χ1v) is 5.31. The molecule has 2 aromatic rings. The summed E-state index contributed by atoms with van der Waals surface area (Å²) in [5.74, 6) is 0.419. The van der Waals surface area contributed by atoms with Crippen molar-refractivity contribution < 1.29 is 0 Å². The molecule has 0 aliphatic rings. The van der Waals surface area contributed by atoms with Crippen molar-refractivity contribution in [3.63, 3.8) is 0 Å². The van der Waals surface area contributed by atoms with Gasteiger partial charge in [0.15, 0.2) is 0 Å². The molecular formula is C12H17N3. The first kappa shape index (κ1) is 10.2. The summed E-state index contributed by atoms with van der Waals surface area (Å²) in [5, 5.41) is 0. The Balaban J connectivity index is 2.78. The normalized spacial score (nSPS) is 11.5. The average molecular weight is 203 g/mol. The largest absolute Gasteiger partial charge is 0.325 e. The van der Waals surface area contributed by atoms with E-state index in [4.69, 9.17) is 5.73 Å². The van der Waals surface area contributed by atoms with E-state index >= 15 is 0 Å². The lowest BCUT2D eigenvalue weighted by Crippen LogP contribution is -2.05. The number of pyridine rings is 1. The maximum absolute atomic E-state index is 5.79. The Morgan fingerprint density at radius 3 is 2.80 bits per heavy atom. The van der Waals surface area contributed by atoms with E-state index < -0.39 is 0 Å². The van der Waals surface area contributed by atoms with Gasteiger partial charge in [0.05, 0.1) is 11.4 Å². The van der Waals surface area contributed by atoms with Crippen LogP contribution in [0.3, 0.4) is 0 Å². The lowest BCUT2D eigenvalue weighted by atomic mass is 10.1. The first-order valence-electron chi connectivity index (χ1n) is 5.31. The average Bonchev–Trinajstić information content (AvgIpc) is 2.57. The number of imidazole rings is 1. The van der Waals surface area contributed by atoms with Crippen molar-refractivity contribution in [3.8, 4) is 0 Å². The van der Waals surface area contributed by atoms with Crippen LogP contribution in [0.1, 0.15) is 36.7 Å². The Hall–Kier alpha value is -1.35. The van der Waals surface area contributed by atoms with E-state index in [0.29, 0.717) is 12.5 Å². The molecule has 0 spiro atoms. The fourth-order valence-corrected chi connectivity index (χ4v) is 1.94. The Bertz CT molecular complexity index is 483. The predicted molar refractivity (Wildman–Crippen MR) is 61.9 cm³/mol. The fraction of sp³-hybridized carbons (Fsp3) is 0.417. The number of hydrogen-bond acceptors (Lipinski definition) is 2. The van der Waals surface area contributed by atoms with E-state index in [2.05, 4.69) is 36.2 Å². The van der Waals surface area contributed by atoms with E-state index in [-0.39, 0.29) is 0 Å². The van der Waals surface area contributed by atoms with Crippen molar-refractivity contribution in [3.05, 3.63) is 35.3 Å². The molecule has 0 saturated carbocycles. The predicted octanol–water partition coefficient (Wildman–Crippen LogP) is 2.22. The number of rotatable bonds is 2. The third kappa shape index (κ3) is 1.53. The minimum atomic E-state index is 0.419. The number of hydrogen-bond donors (Lipinski definition) is 1. The summed E-state index contributed by atoms with van der Waals surface area (Å²) in [5.41, 5.74) is 10.3. The van der Waals surface area contributed by atoms with Crippen LogP contribution in [0.15, 0.2) is 18.3 Å². The van der Waals surface area contributed by atoms with Gasteiger partial charge >= 0.3 is 0 Å². The minimum absolute atomic E-state index is 0.419. The molecule has 2 heterocycles. The fourth-order valence-electron chi connectivity index (χ4n) is 1.94. The van der Waals surface area contributed by atoms with E-state index in [1.165, 1.54) is 5.56 Å². The summed E-state index contributed by atoms with van der Waals surface area (Å²) in [6, 6.07) is 4.11. The van der Waals surface area contributed by atoms with Crippen LogP contribution < -0.4 is 5.73 Å². The van der Waals surface area contributed by atoms with Crippen LogP contribution in [0.4, 0.5) is 0 Å². The molecule has 3 heteroatoms. The van der Waals surface area contributed by atoms with Gasteiger partial charge in [-0.25, -0.2) is 4.98 Å². The van der Waals surface area contributed by atoms with Gasteiger partial charge in [0.25, 0.3) is 0 Å². The van der Waals surface area contributed by atoms with Crippen LogP contribution in [-0.4, -0.2) is 9.38 Å². The summed E-state index contributed by atoms with van der Waals surface area (Å²) in [4.78, 5) is 4.67. The third-order valence-corrected chi connectivity index (χ3v) is 2.72. The van der Waals surface area contributed by atoms with Gasteiger partial charge in [0.2, 0.25) is 0 Å². The molecular weight excluding hydrogens is 186 g/mol. The highest BCUT2D eigenvalue weighted by Crippen LogP contribution is 2.21. The highest BCUT2D eigenvalue weighted by atomic mass is 15.0. The highest BCUT2D eigenvalue weighted by Gasteiger charge is 2.14. The molecule has 2 N–H and O–H groups in total. The summed E-state index contributed by atoms with van der Waals surface area (Å²) in [6.45, 7) is 6.91. The van der Waals surface area contributed by atoms with Crippen LogP contribution in [0, 0.1) is 6.92 Å². The van der Waals surface area contributed by atoms with Gasteiger partial charge in [-0.3, -0.25) is 0 Å². The van der Waals surface area contributed by atoms with E-state index in [9.17, 15) is 0 Å². The monoisotopic (exact) mass is 203 g/mol. The lowest BCUT2D eigenvalue weighted by Gasteiger charge is -2.04. The summed E-state index contributed by atoms with van der Waals surface area (Å²) in [7, 11) is 0. The second-order valence-corrected chi connectivity index (χ2v) is 4.19. The molecule has 3 nitrogen and oxygen atoms in total. The Morgan fingerprint density at radius 1 is 1.47 bits per heavy atom. The molecule has 0 unspecified atom stereocenters. The Morgan fingerprint density at radius 2 is 2.20 bits per heavy atom. The number of aromatic nitrogens is 2. The molecule has 0 aliphatic heterocycles. The quantitative estimate of drug-likeness (QED) is 0.813. The first-order chi connectivity index (χ1) is 7.15. The van der Waals surface area contributed by atoms with Crippen molar-refractivity contribution in [2.75, 3.05) is 0 Å². The van der Waals surface area contributed by atoms with Gasteiger partial charge in [0, 0.05) is 12.7 Å². The summed E-state index contributed by atoms with van der Waals surface area (Å²) < 4.78 is 2.10. The second kappa shape index (κ2) is 3.66. The van der Waals surface area contributed by atoms with Crippen LogP contribution in [0.5, 0.6) is 0 Å². The van der Waals surface area contributed by atoms with Crippen LogP contribution >= 0.6 is 0 Å². The zero-order chi connectivity index (χ0) is 11.0. The maximum Gasteiger partial charge on any atom is 0.140 e. The molecule has 2 aromatic heterocycles. The van der Waals surface area contributed by atoms with Crippen LogP contribution in [0.25, 0.3) is 5.65 Å². The van der Waals surface area contributed by atoms with Crippen molar-refractivity contribution in [1.82, 2.24) is 9.38 Å². The molecule has 0 saturated heterocycles. The maximum atomic E-state index is 5.79.